The van der Waals surface area contributed by atoms with Crippen molar-refractivity contribution in [2.45, 2.75) is 165 Å². The molecular weight excluding hydrogens is 1670 g/mol. The van der Waals surface area contributed by atoms with Gasteiger partial charge in [-0.05, 0) is 179 Å². The fraction of sp³-hybridized carbons (Fsp3) is 0.423. The van der Waals surface area contributed by atoms with E-state index in [9.17, 15) is 56.7 Å². The number of carboxylic acids is 1. The highest BCUT2D eigenvalue weighted by atomic mass is 19.1. The van der Waals surface area contributed by atoms with Gasteiger partial charge in [-0.2, -0.15) is 0 Å². The highest BCUT2D eigenvalue weighted by Gasteiger charge is 2.48. The maximum atomic E-state index is 14.1. The topological polar surface area (TPSA) is 377 Å². The van der Waals surface area contributed by atoms with Gasteiger partial charge < -0.3 is 41.1 Å². The number of rotatable bonds is 34. The quantitative estimate of drug-likeness (QED) is 0.0161. The number of nitrogens with two attached hydrogens (primary N) is 1. The first kappa shape index (κ1) is 91.0. The van der Waals surface area contributed by atoms with Gasteiger partial charge in [0.25, 0.3) is 23.6 Å². The minimum Gasteiger partial charge on any atom is -0.480 e. The first-order valence-corrected chi connectivity index (χ1v) is 46.0. The summed E-state index contributed by atoms with van der Waals surface area (Å²) in [6.07, 6.45) is 22.2. The fourth-order valence-corrected chi connectivity index (χ4v) is 18.9. The van der Waals surface area contributed by atoms with Crippen molar-refractivity contribution in [3.05, 3.63) is 203 Å². The lowest BCUT2D eigenvalue weighted by Crippen LogP contribution is -2.54. The molecule has 0 bridgehead atoms. The normalized spacial score (nSPS) is 18.9. The SMILES string of the molecule is NCCCCCCCCNc1cccc2c1C(=O)N(C1CCC(=O)NC1=O)C2=O.O=C(CCCCCCCCCNc1cccc2c1C(=O)N(C1CCC(=O)NC1=O)C2=O)CN1CCN(c2cccc(-c3cnc4ccc(N5CCC[C@@H]5c5cccc(F)c5)nn34)n2)CC1.O=C(O)CN1CCN(c2cccc(-c3cnc4ccc(N5CCC[C@@H]5c5cccc(F)c5)nn34)n2)CC1. The second kappa shape index (κ2) is 42.5. The second-order valence-corrected chi connectivity index (χ2v) is 34.6. The number of halogens is 2. The predicted molar refractivity (Wildman–Crippen MR) is 491 cm³/mol. The first-order valence-electron chi connectivity index (χ1n) is 46.0. The van der Waals surface area contributed by atoms with E-state index >= 15 is 0 Å². The molecule has 6 aromatic heterocycles. The molecule has 684 valence electrons. The number of piperidine rings is 2. The molecule has 8 aliphatic heterocycles. The molecule has 0 radical (unpaired) electrons. The van der Waals surface area contributed by atoms with Crippen LogP contribution in [0.4, 0.5) is 43.4 Å². The number of ketones is 1. The van der Waals surface area contributed by atoms with Gasteiger partial charge in [0, 0.05) is 109 Å². The summed E-state index contributed by atoms with van der Waals surface area (Å²) < 4.78 is 31.7. The number of nitrogens with one attached hydrogen (secondary N) is 4. The average Bonchev–Trinajstić information content (AvgIpc) is 1.60. The van der Waals surface area contributed by atoms with Crippen molar-refractivity contribution >= 4 is 105 Å². The Bertz CT molecular complexity index is 5870. The van der Waals surface area contributed by atoms with Crippen LogP contribution in [0.1, 0.15) is 206 Å². The Morgan fingerprint density at radius 2 is 0.855 bits per heavy atom. The zero-order chi connectivity index (χ0) is 91.0. The minimum absolute atomic E-state index is 0.0589. The summed E-state index contributed by atoms with van der Waals surface area (Å²) in [5, 5.41) is 30.0. The minimum atomic E-state index is -0.987. The Morgan fingerprint density at radius 1 is 0.435 bits per heavy atom. The van der Waals surface area contributed by atoms with Gasteiger partial charge in [0.1, 0.15) is 64.2 Å². The molecule has 0 aliphatic carbocycles. The van der Waals surface area contributed by atoms with E-state index in [2.05, 4.69) is 55.7 Å². The Hall–Kier alpha value is -13.3. The number of aliphatic carboxylic acids is 1. The van der Waals surface area contributed by atoms with Crippen LogP contribution in [0.25, 0.3) is 34.1 Å². The van der Waals surface area contributed by atoms with Crippen LogP contribution >= 0.6 is 0 Å². The number of anilines is 6. The summed E-state index contributed by atoms with van der Waals surface area (Å²) in [6.45, 7) is 10.2. The molecule has 8 aliphatic rings. The zero-order valence-electron chi connectivity index (χ0n) is 73.5. The van der Waals surface area contributed by atoms with Crippen LogP contribution in [0, 0.1) is 11.6 Å². The number of piperazine rings is 2. The van der Waals surface area contributed by atoms with Crippen molar-refractivity contribution in [1.29, 1.82) is 0 Å². The molecule has 10 aromatic rings. The molecule has 4 atom stereocenters. The number of benzene rings is 4. The van der Waals surface area contributed by atoms with E-state index in [-0.39, 0.29) is 78.8 Å². The molecule has 4 aromatic carbocycles. The lowest BCUT2D eigenvalue weighted by Gasteiger charge is -2.35. The number of unbranched alkanes of at least 4 members (excludes halogenated alkanes) is 11. The van der Waals surface area contributed by atoms with Gasteiger partial charge in [-0.1, -0.05) is 106 Å². The fourth-order valence-electron chi connectivity index (χ4n) is 18.9. The highest BCUT2D eigenvalue weighted by Crippen LogP contribution is 2.40. The molecule has 131 heavy (non-hydrogen) atoms. The van der Waals surface area contributed by atoms with E-state index in [1.165, 1.54) is 18.6 Å². The maximum Gasteiger partial charge on any atom is 0.317 e. The first-order chi connectivity index (χ1) is 63.8. The van der Waals surface area contributed by atoms with Gasteiger partial charge in [-0.15, -0.1) is 10.2 Å². The maximum absolute atomic E-state index is 14.1. The molecule has 14 heterocycles. The summed E-state index contributed by atoms with van der Waals surface area (Å²) in [5.41, 5.74) is 14.4. The van der Waals surface area contributed by atoms with Crippen LogP contribution in [0.3, 0.4) is 0 Å². The third kappa shape index (κ3) is 21.4. The zero-order valence-corrected chi connectivity index (χ0v) is 73.5. The van der Waals surface area contributed by atoms with Crippen molar-refractivity contribution in [3.8, 4) is 22.8 Å². The van der Waals surface area contributed by atoms with Crippen LogP contribution < -0.4 is 46.6 Å². The number of carbonyl (C=O) groups excluding carboxylic acids is 9. The van der Waals surface area contributed by atoms with Crippen LogP contribution in [-0.4, -0.2) is 233 Å². The molecule has 18 rings (SSSR count). The number of Topliss-reactive ketones (excluding diaryl/α,β-unsaturated/α-hetero) is 1. The molecule has 0 spiro atoms. The highest BCUT2D eigenvalue weighted by molar-refractivity contribution is 6.26. The number of hydrogen-bond acceptors (Lipinski definition) is 25. The lowest BCUT2D eigenvalue weighted by atomic mass is 10.0. The van der Waals surface area contributed by atoms with E-state index in [0.717, 1.165) is 240 Å². The summed E-state index contributed by atoms with van der Waals surface area (Å²) in [6, 6.07) is 41.9. The van der Waals surface area contributed by atoms with Gasteiger partial charge in [0.2, 0.25) is 23.6 Å². The molecule has 34 heteroatoms. The van der Waals surface area contributed by atoms with Gasteiger partial charge in [-0.3, -0.25) is 78.2 Å². The molecule has 6 fully saturated rings. The van der Waals surface area contributed by atoms with Crippen molar-refractivity contribution < 1.29 is 61.8 Å². The van der Waals surface area contributed by atoms with Crippen LogP contribution in [0.15, 0.2) is 158 Å². The third-order valence-electron chi connectivity index (χ3n) is 25.7. The van der Waals surface area contributed by atoms with Crippen LogP contribution in [0.2, 0.25) is 0 Å². The Balaban J connectivity index is 0.000000159. The van der Waals surface area contributed by atoms with Crippen LogP contribution in [-0.2, 0) is 28.8 Å². The lowest BCUT2D eigenvalue weighted by molar-refractivity contribution is -0.139. The molecular formula is C97H111F2N21O11. The van der Waals surface area contributed by atoms with E-state index < -0.39 is 59.4 Å². The third-order valence-corrected chi connectivity index (χ3v) is 25.7. The summed E-state index contributed by atoms with van der Waals surface area (Å²) in [7, 11) is 0. The molecule has 0 saturated carbocycles. The van der Waals surface area contributed by atoms with Gasteiger partial charge in [-0.25, -0.2) is 37.7 Å². The number of amides is 8. The predicted octanol–water partition coefficient (Wildman–Crippen LogP) is 11.9. The summed E-state index contributed by atoms with van der Waals surface area (Å²) >= 11 is 0. The van der Waals surface area contributed by atoms with E-state index in [1.54, 1.807) is 66.9 Å². The number of pyridine rings is 2. The monoisotopic (exact) mass is 1780 g/mol. The number of aromatic nitrogens is 8. The Labute approximate surface area is 757 Å². The smallest absolute Gasteiger partial charge is 0.317 e. The van der Waals surface area contributed by atoms with Crippen molar-refractivity contribution in [2.75, 3.05) is 128 Å². The standard InChI is InChI=1S/C49H55FN10O5.C27H28FN7O2.C21H28N4O4/c50-34-13-8-12-33(30-34)39-18-11-25-58(39)44-22-21-42-52-31-41(60(42)55-44)37-16-10-19-43(53-37)57-28-26-56(27-29-57)32-35(61)14-6-4-2-1-3-5-7-24-51-38-17-9-15-36-46(38)49(65)59(48(36)64)40-20-23-45(62)54-47(40)63;28-20-5-1-4-19(16-20)22-7-3-11-34(22)26-10-9-24-29-17-23(35(24)31-26)21-6-2-8-25(30-21)33-14-12-32(13-15-33)18-27(36)37;22-12-5-3-1-2-4-6-13-23-15-9-7-8-14-18(15)21(29)25(20(14)28)16-10-11-17(26)24-19(16)27/h8-10,12-13,15-17,19,21-22,30-31,39-40,51H,1-7,11,14,18,20,23-29,32H2,(H,54,62,63);1-2,4-6,8-10,16-17,22H,3,7,11-15,18H2,(H,36,37);7-9,16,23H,1-6,10-13,22H2,(H,24,26,27)/t39-,40?;22-;/m11./s1. The number of hydrogen-bond donors (Lipinski definition) is 6. The molecule has 2 unspecified atom stereocenters. The number of imidazole rings is 2. The van der Waals surface area contributed by atoms with Gasteiger partial charge in [0.15, 0.2) is 11.3 Å². The van der Waals surface area contributed by atoms with Gasteiger partial charge >= 0.3 is 5.97 Å². The molecule has 6 saturated heterocycles. The Morgan fingerprint density at radius 3 is 1.29 bits per heavy atom. The summed E-state index contributed by atoms with van der Waals surface area (Å²) in [5.74, 6) is -1.57. The largest absolute Gasteiger partial charge is 0.480 e. The van der Waals surface area contributed by atoms with Gasteiger partial charge in [0.05, 0.1) is 71.2 Å². The van der Waals surface area contributed by atoms with E-state index in [4.69, 9.17) is 31.0 Å². The van der Waals surface area contributed by atoms with E-state index in [0.29, 0.717) is 61.6 Å². The number of carboxylic acid groups (broad SMARTS) is 1. The van der Waals surface area contributed by atoms with Crippen molar-refractivity contribution in [1.82, 2.24) is 69.4 Å². The number of fused-ring (bicyclic) bond motifs is 4. The van der Waals surface area contributed by atoms with E-state index in [1.807, 2.05) is 92.9 Å². The van der Waals surface area contributed by atoms with Crippen molar-refractivity contribution in [3.63, 3.8) is 0 Å². The number of nitrogens with zero attached hydrogens (tertiary/aromatic N) is 16. The number of carbonyl (C=O) groups is 10. The molecule has 7 N–H and O–H groups in total. The molecule has 8 amide bonds. The summed E-state index contributed by atoms with van der Waals surface area (Å²) in [4.78, 5) is 158. The number of imide groups is 4. The average molecular weight is 1790 g/mol. The Kier molecular flexibility index (Phi) is 29.5. The van der Waals surface area contributed by atoms with Crippen molar-refractivity contribution in [2.24, 2.45) is 5.73 Å². The van der Waals surface area contributed by atoms with Crippen LogP contribution in [0.5, 0.6) is 0 Å². The second-order valence-electron chi connectivity index (χ2n) is 34.6. The molecule has 32 nitrogen and oxygen atoms in total.